The van der Waals surface area contributed by atoms with E-state index in [1.54, 1.807) is 24.3 Å². The molecule has 2 atom stereocenters. The molecule has 2 rings (SSSR count). The first-order valence-corrected chi connectivity index (χ1v) is 6.99. The number of ether oxygens (including phenoxy) is 1. The molecule has 0 radical (unpaired) electrons. The molecule has 4 nitrogen and oxygen atoms in total. The van der Waals surface area contributed by atoms with Crippen LogP contribution >= 0.6 is 0 Å². The van der Waals surface area contributed by atoms with Crippen LogP contribution in [0.15, 0.2) is 54.6 Å². The number of hydrogen-bond donors (Lipinski definition) is 3. The van der Waals surface area contributed by atoms with Gasteiger partial charge in [0.1, 0.15) is 18.5 Å². The van der Waals surface area contributed by atoms with Gasteiger partial charge in [0.25, 0.3) is 0 Å². The molecule has 0 aliphatic carbocycles. The highest BCUT2D eigenvalue weighted by Crippen LogP contribution is 2.13. The molecule has 0 aromatic heterocycles. The molecule has 0 saturated heterocycles. The molecule has 0 bridgehead atoms. The average molecular weight is 287 g/mol. The van der Waals surface area contributed by atoms with E-state index in [0.717, 1.165) is 11.1 Å². The second-order valence-electron chi connectivity index (χ2n) is 5.03. The van der Waals surface area contributed by atoms with Crippen molar-refractivity contribution >= 4 is 0 Å². The van der Waals surface area contributed by atoms with Crippen molar-refractivity contribution in [3.05, 3.63) is 65.7 Å². The van der Waals surface area contributed by atoms with Crippen LogP contribution in [-0.2, 0) is 13.0 Å². The zero-order valence-corrected chi connectivity index (χ0v) is 11.9. The summed E-state index contributed by atoms with van der Waals surface area (Å²) in [6.07, 6.45) is -0.128. The summed E-state index contributed by atoms with van der Waals surface area (Å²) in [7, 11) is 0. The number of nitrogens with two attached hydrogens (primary N) is 1. The van der Waals surface area contributed by atoms with Crippen LogP contribution in [0.4, 0.5) is 0 Å². The molecule has 2 aromatic carbocycles. The minimum atomic E-state index is -0.734. The third-order valence-corrected chi connectivity index (χ3v) is 3.34. The van der Waals surface area contributed by atoms with Crippen LogP contribution in [0.25, 0.3) is 0 Å². The predicted octanol–water partition coefficient (Wildman–Crippen LogP) is 1.49. The van der Waals surface area contributed by atoms with Gasteiger partial charge >= 0.3 is 0 Å². The van der Waals surface area contributed by atoms with Crippen molar-refractivity contribution in [3.63, 3.8) is 0 Å². The maximum Gasteiger partial charge on any atom is 0.119 e. The standard InChI is InChI=1S/C17H21NO3/c18-16(10-13-4-2-1-3-5-13)17(20)12-21-15-8-6-14(11-19)7-9-15/h1-9,16-17,19-20H,10-12,18H2. The Kier molecular flexibility index (Phi) is 5.75. The van der Waals surface area contributed by atoms with Crippen LogP contribution in [0.2, 0.25) is 0 Å². The van der Waals surface area contributed by atoms with E-state index in [2.05, 4.69) is 0 Å². The average Bonchev–Trinajstić information content (AvgIpc) is 2.54. The normalized spacial score (nSPS) is 13.7. The van der Waals surface area contributed by atoms with Crippen molar-refractivity contribution < 1.29 is 14.9 Å². The summed E-state index contributed by atoms with van der Waals surface area (Å²) in [5, 5.41) is 19.0. The monoisotopic (exact) mass is 287 g/mol. The molecular formula is C17H21NO3. The largest absolute Gasteiger partial charge is 0.491 e. The Balaban J connectivity index is 1.81. The molecule has 0 fully saturated rings. The van der Waals surface area contributed by atoms with Crippen molar-refractivity contribution in [1.82, 2.24) is 0 Å². The summed E-state index contributed by atoms with van der Waals surface area (Å²) in [6, 6.07) is 16.6. The third kappa shape index (κ3) is 4.86. The first kappa shape index (κ1) is 15.5. The molecular weight excluding hydrogens is 266 g/mol. The Morgan fingerprint density at radius 3 is 2.24 bits per heavy atom. The van der Waals surface area contributed by atoms with Crippen molar-refractivity contribution in [1.29, 1.82) is 0 Å². The minimum absolute atomic E-state index is 0.00482. The second-order valence-corrected chi connectivity index (χ2v) is 5.03. The van der Waals surface area contributed by atoms with Gasteiger partial charge < -0.3 is 20.7 Å². The van der Waals surface area contributed by atoms with Crippen molar-refractivity contribution in [2.24, 2.45) is 5.73 Å². The van der Waals surface area contributed by atoms with E-state index in [0.29, 0.717) is 12.2 Å². The highest BCUT2D eigenvalue weighted by atomic mass is 16.5. The summed E-state index contributed by atoms with van der Waals surface area (Å²) < 4.78 is 5.51. The van der Waals surface area contributed by atoms with Gasteiger partial charge in [-0.05, 0) is 29.7 Å². The Morgan fingerprint density at radius 1 is 0.952 bits per heavy atom. The van der Waals surface area contributed by atoms with Gasteiger partial charge in [0.05, 0.1) is 6.61 Å². The van der Waals surface area contributed by atoms with E-state index >= 15 is 0 Å². The lowest BCUT2D eigenvalue weighted by Crippen LogP contribution is -2.40. The van der Waals surface area contributed by atoms with Crippen molar-refractivity contribution in [3.8, 4) is 5.75 Å². The second kappa shape index (κ2) is 7.78. The summed E-state index contributed by atoms with van der Waals surface area (Å²) in [5.74, 6) is 0.651. The van der Waals surface area contributed by atoms with Crippen molar-refractivity contribution in [2.45, 2.75) is 25.2 Å². The zero-order valence-electron chi connectivity index (χ0n) is 11.9. The number of aliphatic hydroxyl groups is 2. The predicted molar refractivity (Wildman–Crippen MR) is 82.0 cm³/mol. The van der Waals surface area contributed by atoms with E-state index in [-0.39, 0.29) is 19.3 Å². The molecule has 0 amide bonds. The summed E-state index contributed by atoms with van der Waals surface area (Å²) in [6.45, 7) is 0.150. The van der Waals surface area contributed by atoms with Gasteiger partial charge in [-0.25, -0.2) is 0 Å². The van der Waals surface area contributed by atoms with Crippen LogP contribution in [0.3, 0.4) is 0 Å². The van der Waals surface area contributed by atoms with E-state index in [1.807, 2.05) is 30.3 Å². The van der Waals surface area contributed by atoms with E-state index in [4.69, 9.17) is 15.6 Å². The fraction of sp³-hybridized carbons (Fsp3) is 0.294. The fourth-order valence-corrected chi connectivity index (χ4v) is 2.02. The molecule has 0 aliphatic heterocycles. The van der Waals surface area contributed by atoms with Crippen molar-refractivity contribution in [2.75, 3.05) is 6.61 Å². The van der Waals surface area contributed by atoms with Gasteiger partial charge in [0, 0.05) is 6.04 Å². The molecule has 0 spiro atoms. The van der Waals surface area contributed by atoms with Crippen LogP contribution in [0, 0.1) is 0 Å². The van der Waals surface area contributed by atoms with Crippen LogP contribution < -0.4 is 10.5 Å². The molecule has 0 saturated carbocycles. The topological polar surface area (TPSA) is 75.7 Å². The fourth-order valence-electron chi connectivity index (χ4n) is 2.02. The SMILES string of the molecule is NC(Cc1ccccc1)C(O)COc1ccc(CO)cc1. The molecule has 0 heterocycles. The maximum atomic E-state index is 10.1. The molecule has 4 N–H and O–H groups in total. The maximum absolute atomic E-state index is 10.1. The molecule has 4 heteroatoms. The smallest absolute Gasteiger partial charge is 0.119 e. The molecule has 2 unspecified atom stereocenters. The number of benzene rings is 2. The van der Waals surface area contributed by atoms with Gasteiger partial charge in [-0.15, -0.1) is 0 Å². The summed E-state index contributed by atoms with van der Waals surface area (Å²) in [4.78, 5) is 0. The summed E-state index contributed by atoms with van der Waals surface area (Å²) >= 11 is 0. The number of hydrogen-bond acceptors (Lipinski definition) is 4. The molecule has 112 valence electrons. The van der Waals surface area contributed by atoms with Gasteiger partial charge in [-0.1, -0.05) is 42.5 Å². The Labute approximate surface area is 124 Å². The summed E-state index contributed by atoms with van der Waals surface area (Å²) in [5.41, 5.74) is 7.91. The zero-order chi connectivity index (χ0) is 15.1. The lowest BCUT2D eigenvalue weighted by molar-refractivity contribution is 0.0851. The highest BCUT2D eigenvalue weighted by Gasteiger charge is 2.16. The lowest BCUT2D eigenvalue weighted by atomic mass is 10.0. The van der Waals surface area contributed by atoms with E-state index in [1.165, 1.54) is 0 Å². The molecule has 2 aromatic rings. The Hall–Kier alpha value is -1.88. The first-order valence-electron chi connectivity index (χ1n) is 6.99. The minimum Gasteiger partial charge on any atom is -0.491 e. The van der Waals surface area contributed by atoms with Crippen LogP contribution in [0.5, 0.6) is 5.75 Å². The quantitative estimate of drug-likeness (QED) is 0.721. The van der Waals surface area contributed by atoms with Gasteiger partial charge in [-0.3, -0.25) is 0 Å². The van der Waals surface area contributed by atoms with Gasteiger partial charge in [-0.2, -0.15) is 0 Å². The van der Waals surface area contributed by atoms with Gasteiger partial charge in [0.15, 0.2) is 0 Å². The van der Waals surface area contributed by atoms with Crippen LogP contribution in [-0.4, -0.2) is 29.0 Å². The van der Waals surface area contributed by atoms with E-state index < -0.39 is 6.10 Å². The highest BCUT2D eigenvalue weighted by molar-refractivity contribution is 5.26. The lowest BCUT2D eigenvalue weighted by Gasteiger charge is -2.19. The number of rotatable bonds is 7. The molecule has 21 heavy (non-hydrogen) atoms. The van der Waals surface area contributed by atoms with Crippen LogP contribution in [0.1, 0.15) is 11.1 Å². The van der Waals surface area contributed by atoms with E-state index in [9.17, 15) is 5.11 Å². The van der Waals surface area contributed by atoms with Gasteiger partial charge in [0.2, 0.25) is 0 Å². The third-order valence-electron chi connectivity index (χ3n) is 3.34. The number of aliphatic hydroxyl groups excluding tert-OH is 2. The Morgan fingerprint density at radius 2 is 1.62 bits per heavy atom. The Bertz CT molecular complexity index is 527. The molecule has 0 aliphatic rings. The first-order chi connectivity index (χ1) is 10.2.